The van der Waals surface area contributed by atoms with Crippen LogP contribution in [-0.4, -0.2) is 0 Å². The van der Waals surface area contributed by atoms with Gasteiger partial charge in [0.15, 0.2) is 0 Å². The zero-order valence-corrected chi connectivity index (χ0v) is 13.7. The van der Waals surface area contributed by atoms with Crippen LogP contribution in [0.25, 0.3) is 0 Å². The maximum absolute atomic E-state index is 6.78. The number of halogens is 3. The molecule has 108 valence electrons. The fourth-order valence-electron chi connectivity index (χ4n) is 3.95. The highest BCUT2D eigenvalue weighted by molar-refractivity contribution is 6.34. The van der Waals surface area contributed by atoms with Gasteiger partial charge in [-0.15, -0.1) is 11.6 Å². The minimum Gasteiger partial charge on any atom is -0.117 e. The fourth-order valence-corrected chi connectivity index (χ4v) is 4.95. The number of fused-ring (bicyclic) bond motifs is 3. The molecule has 0 radical (unpaired) electrons. The van der Waals surface area contributed by atoms with Crippen LogP contribution in [0.3, 0.4) is 0 Å². The molecule has 0 amide bonds. The molecule has 21 heavy (non-hydrogen) atoms. The molecule has 2 aromatic carbocycles. The molecule has 1 fully saturated rings. The number of alkyl halides is 1. The number of hydrogen-bond acceptors (Lipinski definition) is 0. The van der Waals surface area contributed by atoms with Crippen molar-refractivity contribution in [3.8, 4) is 0 Å². The van der Waals surface area contributed by atoms with Gasteiger partial charge in [-0.1, -0.05) is 47.5 Å². The predicted molar refractivity (Wildman–Crippen MR) is 89.5 cm³/mol. The second-order valence-corrected chi connectivity index (χ2v) is 7.39. The summed E-state index contributed by atoms with van der Waals surface area (Å²) in [6.07, 6.45) is 2.40. The Bertz CT molecular complexity index is 695. The second-order valence-electron chi connectivity index (χ2n) is 6.07. The molecule has 0 spiro atoms. The van der Waals surface area contributed by atoms with Gasteiger partial charge >= 0.3 is 0 Å². The normalized spacial score (nSPS) is 27.7. The van der Waals surface area contributed by atoms with Crippen molar-refractivity contribution < 1.29 is 0 Å². The first-order chi connectivity index (χ1) is 10.2. The summed E-state index contributed by atoms with van der Waals surface area (Å²) in [6, 6.07) is 14.3. The van der Waals surface area contributed by atoms with Gasteiger partial charge in [-0.25, -0.2) is 0 Å². The number of aryl methyl sites for hydroxylation is 1. The van der Waals surface area contributed by atoms with E-state index in [0.717, 1.165) is 10.6 Å². The van der Waals surface area contributed by atoms with Gasteiger partial charge in [0.2, 0.25) is 0 Å². The summed E-state index contributed by atoms with van der Waals surface area (Å²) in [5, 5.41) is 1.36. The minimum absolute atomic E-state index is 0.0580. The van der Waals surface area contributed by atoms with Crippen molar-refractivity contribution in [3.63, 3.8) is 0 Å². The summed E-state index contributed by atoms with van der Waals surface area (Å²) in [7, 11) is 0. The monoisotopic (exact) mass is 336 g/mol. The molecule has 0 bridgehead atoms. The lowest BCUT2D eigenvalue weighted by Crippen LogP contribution is -2.00. The highest BCUT2D eigenvalue weighted by Gasteiger charge is 2.56. The van der Waals surface area contributed by atoms with E-state index in [1.54, 1.807) is 0 Å². The van der Waals surface area contributed by atoms with Crippen molar-refractivity contribution >= 4 is 34.8 Å². The molecule has 4 rings (SSSR count). The van der Waals surface area contributed by atoms with Crippen LogP contribution in [0.15, 0.2) is 42.5 Å². The Morgan fingerprint density at radius 2 is 1.86 bits per heavy atom. The summed E-state index contributed by atoms with van der Waals surface area (Å²) in [5.74, 6) is 1.76. The van der Waals surface area contributed by atoms with Crippen molar-refractivity contribution in [2.75, 3.05) is 0 Å². The van der Waals surface area contributed by atoms with Gasteiger partial charge in [0.25, 0.3) is 0 Å². The Hall–Kier alpha value is -0.690. The van der Waals surface area contributed by atoms with Gasteiger partial charge in [-0.2, -0.15) is 0 Å². The first-order valence-corrected chi connectivity index (χ1v) is 8.53. The van der Waals surface area contributed by atoms with Crippen LogP contribution in [0.5, 0.6) is 0 Å². The number of hydrogen-bond donors (Lipinski definition) is 0. The molecule has 2 aliphatic carbocycles. The molecule has 0 aliphatic heterocycles. The summed E-state index contributed by atoms with van der Waals surface area (Å²) in [6.45, 7) is 0. The van der Waals surface area contributed by atoms with E-state index >= 15 is 0 Å². The van der Waals surface area contributed by atoms with Gasteiger partial charge in [0.1, 0.15) is 0 Å². The molecule has 0 saturated heterocycles. The molecular weight excluding hydrogens is 323 g/mol. The molecule has 1 saturated carbocycles. The number of rotatable bonds is 2. The summed E-state index contributed by atoms with van der Waals surface area (Å²) in [4.78, 5) is 0. The molecule has 2 aromatic rings. The van der Waals surface area contributed by atoms with Crippen molar-refractivity contribution in [1.29, 1.82) is 0 Å². The Kier molecular flexibility index (Phi) is 3.45. The van der Waals surface area contributed by atoms with Gasteiger partial charge in [-0.3, -0.25) is 0 Å². The first-order valence-electron chi connectivity index (χ1n) is 7.33. The van der Waals surface area contributed by atoms with E-state index in [-0.39, 0.29) is 5.38 Å². The average Bonchev–Trinajstić information content (AvgIpc) is 3.24. The summed E-state index contributed by atoms with van der Waals surface area (Å²) < 4.78 is 0. The fraction of sp³-hybridized carbons (Fsp3) is 0.333. The van der Waals surface area contributed by atoms with E-state index < -0.39 is 0 Å². The maximum Gasteiger partial charge on any atom is 0.0637 e. The van der Waals surface area contributed by atoms with E-state index in [9.17, 15) is 0 Å². The minimum atomic E-state index is -0.0580. The van der Waals surface area contributed by atoms with Gasteiger partial charge in [0.05, 0.1) is 5.38 Å². The molecule has 4 atom stereocenters. The smallest absolute Gasteiger partial charge is 0.0637 e. The SMILES string of the molecule is Clc1ccc(Cl)c(C(Cl)C2C3CCc4ccccc4C32)c1. The van der Waals surface area contributed by atoms with E-state index in [1.165, 1.54) is 24.0 Å². The van der Waals surface area contributed by atoms with Crippen LogP contribution in [0.2, 0.25) is 10.0 Å². The Balaban J connectivity index is 1.66. The van der Waals surface area contributed by atoms with Crippen molar-refractivity contribution in [3.05, 3.63) is 69.2 Å². The number of benzene rings is 2. The van der Waals surface area contributed by atoms with Crippen LogP contribution >= 0.6 is 34.8 Å². The van der Waals surface area contributed by atoms with E-state index in [4.69, 9.17) is 34.8 Å². The lowest BCUT2D eigenvalue weighted by atomic mass is 9.92. The third-order valence-corrected chi connectivity index (χ3v) is 6.09. The van der Waals surface area contributed by atoms with Crippen molar-refractivity contribution in [2.45, 2.75) is 24.1 Å². The Labute approximate surface area is 140 Å². The molecular formula is C18H15Cl3. The highest BCUT2D eigenvalue weighted by Crippen LogP contribution is 2.66. The van der Waals surface area contributed by atoms with Gasteiger partial charge in [0, 0.05) is 10.0 Å². The molecule has 3 heteroatoms. The topological polar surface area (TPSA) is 0 Å². The van der Waals surface area contributed by atoms with E-state index in [1.807, 2.05) is 18.2 Å². The molecule has 2 aliphatic rings. The van der Waals surface area contributed by atoms with Gasteiger partial charge < -0.3 is 0 Å². The van der Waals surface area contributed by atoms with Crippen LogP contribution in [0, 0.1) is 11.8 Å². The second kappa shape index (κ2) is 5.19. The molecule has 0 N–H and O–H groups in total. The molecule has 0 heterocycles. The van der Waals surface area contributed by atoms with Crippen LogP contribution in [0.1, 0.15) is 34.4 Å². The first kappa shape index (κ1) is 13.9. The average molecular weight is 338 g/mol. The highest BCUT2D eigenvalue weighted by atomic mass is 35.5. The Morgan fingerprint density at radius 3 is 2.71 bits per heavy atom. The predicted octanol–water partition coefficient (Wildman–Crippen LogP) is 6.25. The van der Waals surface area contributed by atoms with Crippen LogP contribution in [-0.2, 0) is 6.42 Å². The zero-order valence-electron chi connectivity index (χ0n) is 11.4. The molecule has 0 aromatic heterocycles. The standard InChI is InChI=1S/C18H15Cl3/c19-11-6-8-15(20)14(9-11)18(21)17-13-7-5-10-3-1-2-4-12(10)16(13)17/h1-4,6,8-9,13,16-18H,5,7H2. The lowest BCUT2D eigenvalue weighted by Gasteiger charge is -2.14. The van der Waals surface area contributed by atoms with Crippen molar-refractivity contribution in [1.82, 2.24) is 0 Å². The van der Waals surface area contributed by atoms with Crippen LogP contribution in [0.4, 0.5) is 0 Å². The molecule has 0 nitrogen and oxygen atoms in total. The van der Waals surface area contributed by atoms with E-state index in [2.05, 4.69) is 24.3 Å². The zero-order chi connectivity index (χ0) is 14.6. The summed E-state index contributed by atoms with van der Waals surface area (Å²) >= 11 is 19.2. The maximum atomic E-state index is 6.78. The quantitative estimate of drug-likeness (QED) is 0.568. The third-order valence-electron chi connectivity index (χ3n) is 4.98. The van der Waals surface area contributed by atoms with Crippen LogP contribution < -0.4 is 0 Å². The van der Waals surface area contributed by atoms with Gasteiger partial charge in [-0.05, 0) is 65.5 Å². The largest absolute Gasteiger partial charge is 0.117 e. The van der Waals surface area contributed by atoms with Crippen molar-refractivity contribution in [2.24, 2.45) is 11.8 Å². The third kappa shape index (κ3) is 2.29. The molecule has 4 unspecified atom stereocenters. The lowest BCUT2D eigenvalue weighted by molar-refractivity contribution is 0.622. The summed E-state index contributed by atoms with van der Waals surface area (Å²) in [5.41, 5.74) is 3.95. The Morgan fingerprint density at radius 1 is 1.05 bits per heavy atom. The van der Waals surface area contributed by atoms with E-state index in [0.29, 0.717) is 22.8 Å².